The van der Waals surface area contributed by atoms with Gasteiger partial charge in [-0.25, -0.2) is 0 Å². The van der Waals surface area contributed by atoms with Crippen LogP contribution >= 0.6 is 0 Å². The normalized spacial score (nSPS) is 16.8. The van der Waals surface area contributed by atoms with Crippen LogP contribution in [-0.4, -0.2) is 18.6 Å². The van der Waals surface area contributed by atoms with Gasteiger partial charge in [-0.2, -0.15) is 0 Å². The maximum absolute atomic E-state index is 6.10. The monoisotopic (exact) mass is 254 g/mol. The molecule has 18 heavy (non-hydrogen) atoms. The van der Waals surface area contributed by atoms with Crippen LogP contribution in [0.25, 0.3) is 0 Å². The minimum absolute atomic E-state index is 0.173. The maximum Gasteiger partial charge on any atom is 0.0308 e. The van der Waals surface area contributed by atoms with Crippen LogP contribution in [0.5, 0.6) is 0 Å². The quantitative estimate of drug-likeness (QED) is 0.585. The Balaban J connectivity index is 2.39. The Labute approximate surface area is 114 Å². The summed E-state index contributed by atoms with van der Waals surface area (Å²) in [5.74, 6) is 2.47. The van der Waals surface area contributed by atoms with E-state index in [1.54, 1.807) is 0 Å². The van der Waals surface area contributed by atoms with Crippen molar-refractivity contribution in [3.05, 3.63) is 0 Å². The summed E-state index contributed by atoms with van der Waals surface area (Å²) in [4.78, 5) is 0. The van der Waals surface area contributed by atoms with Gasteiger partial charge in [0.05, 0.1) is 0 Å². The van der Waals surface area contributed by atoms with E-state index < -0.39 is 0 Å². The highest BCUT2D eigenvalue weighted by atomic mass is 15.0. The second kappa shape index (κ2) is 7.49. The standard InChI is InChI=1S/C16H34N2/c1-13(2)10-16(12-17,11-14(3)4)18-9-5-6-15-7-8-15/h13-15,18H,5-12,17H2,1-4H3. The van der Waals surface area contributed by atoms with E-state index in [4.69, 9.17) is 5.73 Å². The summed E-state index contributed by atoms with van der Waals surface area (Å²) >= 11 is 0. The number of rotatable bonds is 10. The van der Waals surface area contributed by atoms with Gasteiger partial charge in [-0.05, 0) is 50.0 Å². The highest BCUT2D eigenvalue weighted by molar-refractivity contribution is 4.91. The molecular weight excluding hydrogens is 220 g/mol. The first-order valence-electron chi connectivity index (χ1n) is 7.92. The molecule has 0 aromatic carbocycles. The van der Waals surface area contributed by atoms with E-state index in [0.717, 1.165) is 19.0 Å². The third-order valence-corrected chi connectivity index (χ3v) is 3.97. The first kappa shape index (κ1) is 16.0. The molecule has 0 aromatic rings. The van der Waals surface area contributed by atoms with Crippen LogP contribution in [0.1, 0.15) is 66.2 Å². The smallest absolute Gasteiger partial charge is 0.0308 e. The number of hydrogen-bond donors (Lipinski definition) is 2. The highest BCUT2D eigenvalue weighted by Crippen LogP contribution is 2.33. The second-order valence-corrected chi connectivity index (χ2v) is 7.19. The van der Waals surface area contributed by atoms with Crippen molar-refractivity contribution >= 4 is 0 Å². The lowest BCUT2D eigenvalue weighted by Crippen LogP contribution is -2.53. The zero-order valence-electron chi connectivity index (χ0n) is 13.0. The Morgan fingerprint density at radius 3 is 2.06 bits per heavy atom. The fraction of sp³-hybridized carbons (Fsp3) is 1.00. The minimum Gasteiger partial charge on any atom is -0.329 e. The molecule has 1 aliphatic rings. The lowest BCUT2D eigenvalue weighted by atomic mass is 9.81. The van der Waals surface area contributed by atoms with E-state index in [1.165, 1.54) is 38.5 Å². The molecular formula is C16H34N2. The van der Waals surface area contributed by atoms with Gasteiger partial charge in [0, 0.05) is 12.1 Å². The predicted octanol–water partition coefficient (Wildman–Crippen LogP) is 3.56. The zero-order valence-corrected chi connectivity index (χ0v) is 13.0. The van der Waals surface area contributed by atoms with Crippen molar-refractivity contribution in [3.8, 4) is 0 Å². The van der Waals surface area contributed by atoms with Crippen molar-refractivity contribution in [2.75, 3.05) is 13.1 Å². The molecule has 0 unspecified atom stereocenters. The van der Waals surface area contributed by atoms with Gasteiger partial charge in [-0.1, -0.05) is 40.5 Å². The lowest BCUT2D eigenvalue weighted by Gasteiger charge is -2.37. The molecule has 0 radical (unpaired) electrons. The number of hydrogen-bond acceptors (Lipinski definition) is 2. The van der Waals surface area contributed by atoms with Gasteiger partial charge < -0.3 is 11.1 Å². The van der Waals surface area contributed by atoms with Gasteiger partial charge >= 0.3 is 0 Å². The van der Waals surface area contributed by atoms with E-state index in [1.807, 2.05) is 0 Å². The van der Waals surface area contributed by atoms with Crippen LogP contribution in [0.2, 0.25) is 0 Å². The third kappa shape index (κ3) is 6.19. The third-order valence-electron chi connectivity index (χ3n) is 3.97. The summed E-state index contributed by atoms with van der Waals surface area (Å²) < 4.78 is 0. The van der Waals surface area contributed by atoms with Crippen LogP contribution in [0, 0.1) is 17.8 Å². The Bertz CT molecular complexity index is 209. The van der Waals surface area contributed by atoms with E-state index in [2.05, 4.69) is 33.0 Å². The molecule has 1 saturated carbocycles. The van der Waals surface area contributed by atoms with Crippen LogP contribution in [0.4, 0.5) is 0 Å². The molecule has 108 valence electrons. The average molecular weight is 254 g/mol. The predicted molar refractivity (Wildman–Crippen MR) is 80.7 cm³/mol. The largest absolute Gasteiger partial charge is 0.329 e. The fourth-order valence-corrected chi connectivity index (χ4v) is 3.18. The summed E-state index contributed by atoms with van der Waals surface area (Å²) in [7, 11) is 0. The zero-order chi connectivity index (χ0) is 13.6. The Morgan fingerprint density at radius 1 is 1.11 bits per heavy atom. The molecule has 1 aliphatic carbocycles. The van der Waals surface area contributed by atoms with E-state index >= 15 is 0 Å². The molecule has 3 N–H and O–H groups in total. The minimum atomic E-state index is 0.173. The highest BCUT2D eigenvalue weighted by Gasteiger charge is 2.30. The topological polar surface area (TPSA) is 38.0 Å². The van der Waals surface area contributed by atoms with Gasteiger partial charge in [0.2, 0.25) is 0 Å². The number of nitrogens with two attached hydrogens (primary N) is 1. The summed E-state index contributed by atoms with van der Waals surface area (Å²) in [5, 5.41) is 3.80. The molecule has 0 bridgehead atoms. The molecule has 0 aromatic heterocycles. The van der Waals surface area contributed by atoms with E-state index in [0.29, 0.717) is 11.8 Å². The van der Waals surface area contributed by atoms with Crippen LogP contribution < -0.4 is 11.1 Å². The van der Waals surface area contributed by atoms with Gasteiger partial charge in [0.15, 0.2) is 0 Å². The fourth-order valence-electron chi connectivity index (χ4n) is 3.18. The Kier molecular flexibility index (Phi) is 6.65. The molecule has 0 heterocycles. The molecule has 0 spiro atoms. The Hall–Kier alpha value is -0.0800. The molecule has 0 amide bonds. The summed E-state index contributed by atoms with van der Waals surface area (Å²) in [5.41, 5.74) is 6.27. The van der Waals surface area contributed by atoms with Gasteiger partial charge in [-0.15, -0.1) is 0 Å². The van der Waals surface area contributed by atoms with Crippen LogP contribution in [0.3, 0.4) is 0 Å². The lowest BCUT2D eigenvalue weighted by molar-refractivity contribution is 0.228. The molecule has 1 fully saturated rings. The molecule has 2 heteroatoms. The SMILES string of the molecule is CC(C)CC(CN)(CC(C)C)NCCCC1CC1. The van der Waals surface area contributed by atoms with E-state index in [-0.39, 0.29) is 5.54 Å². The van der Waals surface area contributed by atoms with Crippen molar-refractivity contribution < 1.29 is 0 Å². The average Bonchev–Trinajstić information content (AvgIpc) is 3.06. The first-order chi connectivity index (χ1) is 8.47. The van der Waals surface area contributed by atoms with Crippen molar-refractivity contribution in [3.63, 3.8) is 0 Å². The maximum atomic E-state index is 6.10. The van der Waals surface area contributed by atoms with Crippen molar-refractivity contribution in [1.29, 1.82) is 0 Å². The molecule has 2 nitrogen and oxygen atoms in total. The summed E-state index contributed by atoms with van der Waals surface area (Å²) in [6.07, 6.45) is 8.08. The first-order valence-corrected chi connectivity index (χ1v) is 7.92. The van der Waals surface area contributed by atoms with Crippen LogP contribution in [0.15, 0.2) is 0 Å². The van der Waals surface area contributed by atoms with Gasteiger partial charge in [0.25, 0.3) is 0 Å². The van der Waals surface area contributed by atoms with Gasteiger partial charge in [-0.3, -0.25) is 0 Å². The summed E-state index contributed by atoms with van der Waals surface area (Å²) in [6, 6.07) is 0. The van der Waals surface area contributed by atoms with Crippen molar-refractivity contribution in [2.24, 2.45) is 23.5 Å². The number of nitrogens with one attached hydrogen (secondary N) is 1. The molecule has 0 aliphatic heterocycles. The van der Waals surface area contributed by atoms with Crippen molar-refractivity contribution in [1.82, 2.24) is 5.32 Å². The second-order valence-electron chi connectivity index (χ2n) is 7.19. The van der Waals surface area contributed by atoms with Crippen molar-refractivity contribution in [2.45, 2.75) is 71.8 Å². The van der Waals surface area contributed by atoms with Gasteiger partial charge in [0.1, 0.15) is 0 Å². The Morgan fingerprint density at radius 2 is 1.67 bits per heavy atom. The van der Waals surface area contributed by atoms with Crippen LogP contribution in [-0.2, 0) is 0 Å². The molecule has 0 saturated heterocycles. The summed E-state index contributed by atoms with van der Waals surface area (Å²) in [6.45, 7) is 11.1. The molecule has 0 atom stereocenters. The molecule has 1 rings (SSSR count). The van der Waals surface area contributed by atoms with E-state index in [9.17, 15) is 0 Å².